The van der Waals surface area contributed by atoms with Crippen molar-refractivity contribution in [3.05, 3.63) is 47.9 Å². The second-order valence-electron chi connectivity index (χ2n) is 5.47. The fourth-order valence-corrected chi connectivity index (χ4v) is 2.67. The maximum atomic E-state index is 13.6. The van der Waals surface area contributed by atoms with Crippen molar-refractivity contribution in [3.8, 4) is 0 Å². The molecule has 0 saturated carbocycles. The van der Waals surface area contributed by atoms with Gasteiger partial charge < -0.3 is 10.2 Å². The van der Waals surface area contributed by atoms with Crippen molar-refractivity contribution in [1.29, 1.82) is 0 Å². The summed E-state index contributed by atoms with van der Waals surface area (Å²) < 4.78 is 13.6. The van der Waals surface area contributed by atoms with E-state index in [1.54, 1.807) is 30.2 Å². The zero-order valence-electron chi connectivity index (χ0n) is 13.2. The number of halogens is 1. The molecule has 0 atom stereocenters. The van der Waals surface area contributed by atoms with Crippen molar-refractivity contribution in [1.82, 2.24) is 4.98 Å². The van der Waals surface area contributed by atoms with Gasteiger partial charge in [-0.25, -0.2) is 14.2 Å². The van der Waals surface area contributed by atoms with E-state index >= 15 is 0 Å². The molecule has 120 valence electrons. The van der Waals surface area contributed by atoms with E-state index in [0.29, 0.717) is 17.8 Å². The molecular weight excluding hydrogens is 295 g/mol. The monoisotopic (exact) mass is 314 g/mol. The van der Waals surface area contributed by atoms with Crippen LogP contribution in [0.2, 0.25) is 0 Å². The Morgan fingerprint density at radius 3 is 2.91 bits per heavy atom. The van der Waals surface area contributed by atoms with Gasteiger partial charge in [-0.1, -0.05) is 6.07 Å². The van der Waals surface area contributed by atoms with Crippen molar-refractivity contribution in [2.24, 2.45) is 0 Å². The smallest absolute Gasteiger partial charge is 0.326 e. The number of carbonyl (C=O) groups excluding carboxylic acids is 1. The van der Waals surface area contributed by atoms with E-state index in [0.717, 1.165) is 24.6 Å². The highest BCUT2D eigenvalue weighted by Crippen LogP contribution is 2.30. The number of benzene rings is 1. The zero-order chi connectivity index (χ0) is 16.4. The van der Waals surface area contributed by atoms with Gasteiger partial charge in [0.2, 0.25) is 0 Å². The Balaban J connectivity index is 1.84. The zero-order valence-corrected chi connectivity index (χ0v) is 13.2. The Hall–Kier alpha value is -2.63. The Bertz CT molecular complexity index is 734. The SMILES string of the molecule is CCN1CCN(C(=O)Nc2ccc(C)c(F)c2)c2cccnc21. The van der Waals surface area contributed by atoms with Gasteiger partial charge in [0.1, 0.15) is 5.82 Å². The molecule has 23 heavy (non-hydrogen) atoms. The average Bonchev–Trinajstić information content (AvgIpc) is 2.57. The number of aromatic nitrogens is 1. The maximum absolute atomic E-state index is 13.6. The lowest BCUT2D eigenvalue weighted by atomic mass is 10.2. The van der Waals surface area contributed by atoms with Crippen molar-refractivity contribution in [2.75, 3.05) is 34.8 Å². The number of hydrogen-bond donors (Lipinski definition) is 1. The van der Waals surface area contributed by atoms with Gasteiger partial charge >= 0.3 is 6.03 Å². The lowest BCUT2D eigenvalue weighted by molar-refractivity contribution is 0.256. The Morgan fingerprint density at radius 1 is 1.35 bits per heavy atom. The minimum Gasteiger partial charge on any atom is -0.353 e. The van der Waals surface area contributed by atoms with Crippen LogP contribution >= 0.6 is 0 Å². The van der Waals surface area contributed by atoms with Gasteiger partial charge in [0.25, 0.3) is 0 Å². The minimum absolute atomic E-state index is 0.279. The van der Waals surface area contributed by atoms with E-state index in [4.69, 9.17) is 0 Å². The Labute approximate surface area is 134 Å². The average molecular weight is 314 g/mol. The lowest BCUT2D eigenvalue weighted by Gasteiger charge is -2.35. The molecule has 1 aromatic carbocycles. The van der Waals surface area contributed by atoms with Crippen LogP contribution in [-0.2, 0) is 0 Å². The van der Waals surface area contributed by atoms with E-state index in [-0.39, 0.29) is 11.8 Å². The molecule has 2 amide bonds. The summed E-state index contributed by atoms with van der Waals surface area (Å²) in [5, 5.41) is 2.75. The number of anilines is 3. The molecule has 0 saturated heterocycles. The summed E-state index contributed by atoms with van der Waals surface area (Å²) in [5.74, 6) is 0.465. The van der Waals surface area contributed by atoms with Gasteiger partial charge in [0.15, 0.2) is 5.82 Å². The van der Waals surface area contributed by atoms with Gasteiger partial charge in [0, 0.05) is 31.5 Å². The van der Waals surface area contributed by atoms with Crippen LogP contribution < -0.4 is 15.1 Å². The molecule has 0 spiro atoms. The number of nitrogens with one attached hydrogen (secondary N) is 1. The second-order valence-corrected chi connectivity index (χ2v) is 5.47. The van der Waals surface area contributed by atoms with Gasteiger partial charge in [-0.3, -0.25) is 4.90 Å². The molecule has 3 rings (SSSR count). The van der Waals surface area contributed by atoms with E-state index in [1.165, 1.54) is 6.07 Å². The molecule has 0 bridgehead atoms. The molecule has 0 fully saturated rings. The Morgan fingerprint density at radius 2 is 2.17 bits per heavy atom. The molecule has 6 heteroatoms. The van der Waals surface area contributed by atoms with Gasteiger partial charge in [-0.05, 0) is 43.7 Å². The highest BCUT2D eigenvalue weighted by Gasteiger charge is 2.27. The molecule has 0 radical (unpaired) electrons. The van der Waals surface area contributed by atoms with Crippen LogP contribution in [-0.4, -0.2) is 30.6 Å². The molecule has 2 aromatic rings. The van der Waals surface area contributed by atoms with Crippen LogP contribution in [0.5, 0.6) is 0 Å². The number of aryl methyl sites for hydroxylation is 1. The predicted octanol–water partition coefficient (Wildman–Crippen LogP) is 3.41. The molecule has 1 aliphatic rings. The lowest BCUT2D eigenvalue weighted by Crippen LogP contribution is -2.46. The van der Waals surface area contributed by atoms with Crippen molar-refractivity contribution in [2.45, 2.75) is 13.8 Å². The number of pyridine rings is 1. The van der Waals surface area contributed by atoms with Crippen molar-refractivity contribution < 1.29 is 9.18 Å². The molecule has 0 unspecified atom stereocenters. The van der Waals surface area contributed by atoms with Crippen LogP contribution in [0.3, 0.4) is 0 Å². The number of nitrogens with zero attached hydrogens (tertiary/aromatic N) is 3. The summed E-state index contributed by atoms with van der Waals surface area (Å²) in [6.07, 6.45) is 1.72. The summed E-state index contributed by atoms with van der Waals surface area (Å²) in [7, 11) is 0. The third-order valence-electron chi connectivity index (χ3n) is 4.00. The van der Waals surface area contributed by atoms with E-state index < -0.39 is 0 Å². The number of rotatable bonds is 2. The first-order valence-electron chi connectivity index (χ1n) is 7.64. The van der Waals surface area contributed by atoms with Crippen molar-refractivity contribution in [3.63, 3.8) is 0 Å². The topological polar surface area (TPSA) is 48.5 Å². The molecule has 1 aromatic heterocycles. The third-order valence-corrected chi connectivity index (χ3v) is 4.00. The van der Waals surface area contributed by atoms with Gasteiger partial charge in [0.05, 0.1) is 5.69 Å². The van der Waals surface area contributed by atoms with Crippen LogP contribution in [0.15, 0.2) is 36.5 Å². The van der Waals surface area contributed by atoms with E-state index in [1.807, 2.05) is 12.1 Å². The van der Waals surface area contributed by atoms with E-state index in [9.17, 15) is 9.18 Å². The molecular formula is C17H19FN4O. The summed E-state index contributed by atoms with van der Waals surface area (Å²) in [4.78, 5) is 20.7. The maximum Gasteiger partial charge on any atom is 0.326 e. The number of likely N-dealkylation sites (N-methyl/N-ethyl adjacent to an activating group) is 1. The van der Waals surface area contributed by atoms with Crippen molar-refractivity contribution >= 4 is 23.2 Å². The highest BCUT2D eigenvalue weighted by molar-refractivity contribution is 6.04. The highest BCUT2D eigenvalue weighted by atomic mass is 19.1. The van der Waals surface area contributed by atoms with Crippen LogP contribution in [0, 0.1) is 12.7 Å². The van der Waals surface area contributed by atoms with Crippen LogP contribution in [0.1, 0.15) is 12.5 Å². The number of carbonyl (C=O) groups is 1. The number of hydrogen-bond acceptors (Lipinski definition) is 3. The molecule has 5 nitrogen and oxygen atoms in total. The standard InChI is InChI=1S/C17H19FN4O/c1-3-21-9-10-22(15-5-4-8-19-16(15)21)17(23)20-13-7-6-12(2)14(18)11-13/h4-8,11H,3,9-10H2,1-2H3,(H,20,23). The normalized spacial score (nSPS) is 13.7. The quantitative estimate of drug-likeness (QED) is 0.924. The molecule has 2 heterocycles. The molecule has 0 aliphatic carbocycles. The molecule has 1 aliphatic heterocycles. The largest absolute Gasteiger partial charge is 0.353 e. The first-order valence-corrected chi connectivity index (χ1v) is 7.64. The fourth-order valence-electron chi connectivity index (χ4n) is 2.67. The first kappa shape index (κ1) is 15.3. The van der Waals surface area contributed by atoms with Crippen LogP contribution in [0.4, 0.5) is 26.4 Å². The number of fused-ring (bicyclic) bond motifs is 1. The second kappa shape index (κ2) is 6.24. The molecule has 1 N–H and O–H groups in total. The number of urea groups is 1. The predicted molar refractivity (Wildman–Crippen MR) is 89.6 cm³/mol. The fraction of sp³-hybridized carbons (Fsp3) is 0.294. The summed E-state index contributed by atoms with van der Waals surface area (Å²) >= 11 is 0. The van der Waals surface area contributed by atoms with Crippen LogP contribution in [0.25, 0.3) is 0 Å². The Kier molecular flexibility index (Phi) is 4.14. The summed E-state index contributed by atoms with van der Waals surface area (Å²) in [6.45, 7) is 5.86. The van der Waals surface area contributed by atoms with Gasteiger partial charge in [-0.15, -0.1) is 0 Å². The van der Waals surface area contributed by atoms with Gasteiger partial charge in [-0.2, -0.15) is 0 Å². The van der Waals surface area contributed by atoms with E-state index in [2.05, 4.69) is 22.1 Å². The number of amides is 2. The summed E-state index contributed by atoms with van der Waals surface area (Å²) in [5.41, 5.74) is 1.77. The minimum atomic E-state index is -0.333. The third kappa shape index (κ3) is 2.97. The summed E-state index contributed by atoms with van der Waals surface area (Å²) in [6, 6.07) is 8.08. The first-order chi connectivity index (χ1) is 11.1.